The Morgan fingerprint density at radius 3 is 2.50 bits per heavy atom. The number of para-hydroxylation sites is 1. The van der Waals surface area contributed by atoms with E-state index in [4.69, 9.17) is 4.74 Å². The number of ether oxygens (including phenoxy) is 1. The van der Waals surface area contributed by atoms with Gasteiger partial charge in [0.05, 0.1) is 12.7 Å². The summed E-state index contributed by atoms with van der Waals surface area (Å²) in [5.74, 6) is 0.413. The van der Waals surface area contributed by atoms with Crippen molar-refractivity contribution in [1.29, 1.82) is 0 Å². The summed E-state index contributed by atoms with van der Waals surface area (Å²) in [5, 5.41) is 2.84. The highest BCUT2D eigenvalue weighted by Crippen LogP contribution is 2.21. The fourth-order valence-corrected chi connectivity index (χ4v) is 1.72. The maximum Gasteiger partial charge on any atom is 0.259 e. The van der Waals surface area contributed by atoms with E-state index in [9.17, 15) is 4.79 Å². The van der Waals surface area contributed by atoms with E-state index in [0.717, 1.165) is 11.3 Å². The first-order chi connectivity index (χ1) is 8.70. The molecule has 0 aliphatic rings. The van der Waals surface area contributed by atoms with Gasteiger partial charge in [0.1, 0.15) is 5.75 Å². The molecule has 1 N–H and O–H groups in total. The van der Waals surface area contributed by atoms with Crippen LogP contribution in [-0.4, -0.2) is 13.0 Å². The van der Waals surface area contributed by atoms with Crippen LogP contribution in [0.15, 0.2) is 48.5 Å². The van der Waals surface area contributed by atoms with Crippen LogP contribution in [0.3, 0.4) is 0 Å². The van der Waals surface area contributed by atoms with Gasteiger partial charge in [-0.25, -0.2) is 0 Å². The van der Waals surface area contributed by atoms with E-state index in [1.54, 1.807) is 13.2 Å². The van der Waals surface area contributed by atoms with Gasteiger partial charge >= 0.3 is 0 Å². The van der Waals surface area contributed by atoms with Crippen molar-refractivity contribution in [3.63, 3.8) is 0 Å². The number of carbonyl (C=O) groups excluding carboxylic acids is 1. The minimum atomic E-state index is -0.165. The third-order valence-corrected chi connectivity index (χ3v) is 2.63. The Hall–Kier alpha value is -2.29. The first-order valence-corrected chi connectivity index (χ1v) is 5.72. The molecule has 1 amide bonds. The highest BCUT2D eigenvalue weighted by Gasteiger charge is 2.12. The van der Waals surface area contributed by atoms with E-state index in [1.807, 2.05) is 49.4 Å². The summed E-state index contributed by atoms with van der Waals surface area (Å²) >= 11 is 0. The maximum absolute atomic E-state index is 12.2. The molecule has 92 valence electrons. The first-order valence-electron chi connectivity index (χ1n) is 5.72. The number of hydrogen-bond donors (Lipinski definition) is 1. The van der Waals surface area contributed by atoms with Gasteiger partial charge < -0.3 is 10.1 Å². The quantitative estimate of drug-likeness (QED) is 0.895. The summed E-state index contributed by atoms with van der Waals surface area (Å²) in [6, 6.07) is 14.9. The molecule has 2 rings (SSSR count). The summed E-state index contributed by atoms with van der Waals surface area (Å²) in [5.41, 5.74) is 2.33. The van der Waals surface area contributed by atoms with Crippen molar-refractivity contribution < 1.29 is 9.53 Å². The Balaban J connectivity index is 2.26. The SMILES string of the molecule is COc1ccc(C)cc1C(=O)Nc1ccccc1. The van der Waals surface area contributed by atoms with Gasteiger partial charge in [-0.2, -0.15) is 0 Å². The summed E-state index contributed by atoms with van der Waals surface area (Å²) < 4.78 is 5.20. The summed E-state index contributed by atoms with van der Waals surface area (Å²) in [6.07, 6.45) is 0. The smallest absolute Gasteiger partial charge is 0.259 e. The number of carbonyl (C=O) groups is 1. The fraction of sp³-hybridized carbons (Fsp3) is 0.133. The van der Waals surface area contributed by atoms with Crippen molar-refractivity contribution in [1.82, 2.24) is 0 Å². The highest BCUT2D eigenvalue weighted by molar-refractivity contribution is 6.06. The molecule has 0 radical (unpaired) electrons. The molecule has 3 nitrogen and oxygen atoms in total. The molecule has 0 spiro atoms. The lowest BCUT2D eigenvalue weighted by Gasteiger charge is -2.10. The van der Waals surface area contributed by atoms with E-state index in [0.29, 0.717) is 11.3 Å². The average Bonchev–Trinajstić information content (AvgIpc) is 2.40. The van der Waals surface area contributed by atoms with Gasteiger partial charge in [0, 0.05) is 5.69 Å². The monoisotopic (exact) mass is 241 g/mol. The lowest BCUT2D eigenvalue weighted by atomic mass is 10.1. The van der Waals surface area contributed by atoms with Crippen LogP contribution in [0.5, 0.6) is 5.75 Å². The molecular weight excluding hydrogens is 226 g/mol. The number of rotatable bonds is 3. The number of benzene rings is 2. The Labute approximate surface area is 106 Å². The Kier molecular flexibility index (Phi) is 3.63. The van der Waals surface area contributed by atoms with Gasteiger partial charge in [0.2, 0.25) is 0 Å². The van der Waals surface area contributed by atoms with Crippen LogP contribution in [0.1, 0.15) is 15.9 Å². The highest BCUT2D eigenvalue weighted by atomic mass is 16.5. The second kappa shape index (κ2) is 5.36. The predicted molar refractivity (Wildman–Crippen MR) is 72.1 cm³/mol. The van der Waals surface area contributed by atoms with Gasteiger partial charge in [-0.3, -0.25) is 4.79 Å². The number of hydrogen-bond acceptors (Lipinski definition) is 2. The molecule has 0 saturated heterocycles. The Morgan fingerprint density at radius 2 is 1.83 bits per heavy atom. The zero-order valence-corrected chi connectivity index (χ0v) is 10.4. The molecule has 0 bridgehead atoms. The van der Waals surface area contributed by atoms with E-state index in [1.165, 1.54) is 0 Å². The average molecular weight is 241 g/mol. The number of aryl methyl sites for hydroxylation is 1. The van der Waals surface area contributed by atoms with Gasteiger partial charge in [-0.1, -0.05) is 29.8 Å². The van der Waals surface area contributed by atoms with Gasteiger partial charge in [0.25, 0.3) is 5.91 Å². The van der Waals surface area contributed by atoms with Crippen LogP contribution in [0, 0.1) is 6.92 Å². The number of anilines is 1. The minimum absolute atomic E-state index is 0.165. The number of methoxy groups -OCH3 is 1. The normalized spacial score (nSPS) is 9.89. The molecule has 0 atom stereocenters. The summed E-state index contributed by atoms with van der Waals surface area (Å²) in [6.45, 7) is 1.94. The van der Waals surface area contributed by atoms with E-state index < -0.39 is 0 Å². The van der Waals surface area contributed by atoms with Crippen LogP contribution in [0.25, 0.3) is 0 Å². The van der Waals surface area contributed by atoms with Crippen molar-refractivity contribution in [3.05, 3.63) is 59.7 Å². The number of nitrogens with one attached hydrogen (secondary N) is 1. The molecule has 0 aliphatic carbocycles. The van der Waals surface area contributed by atoms with Crippen LogP contribution >= 0.6 is 0 Å². The van der Waals surface area contributed by atoms with E-state index >= 15 is 0 Å². The Morgan fingerprint density at radius 1 is 1.11 bits per heavy atom. The van der Waals surface area contributed by atoms with Crippen LogP contribution in [0.2, 0.25) is 0 Å². The summed E-state index contributed by atoms with van der Waals surface area (Å²) in [7, 11) is 1.56. The molecule has 2 aromatic carbocycles. The third kappa shape index (κ3) is 2.69. The van der Waals surface area contributed by atoms with Crippen molar-refractivity contribution in [2.24, 2.45) is 0 Å². The van der Waals surface area contributed by atoms with Crippen LogP contribution < -0.4 is 10.1 Å². The third-order valence-electron chi connectivity index (χ3n) is 2.63. The molecule has 3 heteroatoms. The lowest BCUT2D eigenvalue weighted by Crippen LogP contribution is -2.13. The molecule has 0 unspecified atom stereocenters. The zero-order chi connectivity index (χ0) is 13.0. The van der Waals surface area contributed by atoms with E-state index in [2.05, 4.69) is 5.32 Å². The molecule has 0 saturated carbocycles. The maximum atomic E-state index is 12.2. The van der Waals surface area contributed by atoms with Crippen molar-refractivity contribution in [2.75, 3.05) is 12.4 Å². The topological polar surface area (TPSA) is 38.3 Å². The standard InChI is InChI=1S/C15H15NO2/c1-11-8-9-14(18-2)13(10-11)15(17)16-12-6-4-3-5-7-12/h3-10H,1-2H3,(H,16,17). The molecule has 0 aliphatic heterocycles. The molecule has 0 aromatic heterocycles. The summed E-state index contributed by atoms with van der Waals surface area (Å²) in [4.78, 5) is 12.2. The fourth-order valence-electron chi connectivity index (χ4n) is 1.72. The van der Waals surface area contributed by atoms with Gasteiger partial charge in [-0.05, 0) is 31.2 Å². The molecular formula is C15H15NO2. The van der Waals surface area contributed by atoms with Crippen molar-refractivity contribution in [2.45, 2.75) is 6.92 Å². The van der Waals surface area contributed by atoms with Crippen LogP contribution in [0.4, 0.5) is 5.69 Å². The van der Waals surface area contributed by atoms with Crippen molar-refractivity contribution in [3.8, 4) is 5.75 Å². The van der Waals surface area contributed by atoms with Crippen molar-refractivity contribution >= 4 is 11.6 Å². The Bertz CT molecular complexity index is 550. The molecule has 0 fully saturated rings. The second-order valence-corrected chi connectivity index (χ2v) is 4.02. The molecule has 18 heavy (non-hydrogen) atoms. The van der Waals surface area contributed by atoms with Gasteiger partial charge in [0.15, 0.2) is 0 Å². The minimum Gasteiger partial charge on any atom is -0.496 e. The van der Waals surface area contributed by atoms with Crippen LogP contribution in [-0.2, 0) is 0 Å². The first kappa shape index (κ1) is 12.2. The lowest BCUT2D eigenvalue weighted by molar-refractivity contribution is 0.102. The zero-order valence-electron chi connectivity index (χ0n) is 10.4. The van der Waals surface area contributed by atoms with E-state index in [-0.39, 0.29) is 5.91 Å². The van der Waals surface area contributed by atoms with Gasteiger partial charge in [-0.15, -0.1) is 0 Å². The predicted octanol–water partition coefficient (Wildman–Crippen LogP) is 3.26. The second-order valence-electron chi connectivity index (χ2n) is 4.02. The number of amides is 1. The largest absolute Gasteiger partial charge is 0.496 e. The molecule has 2 aromatic rings. The molecule has 0 heterocycles.